The molecule has 1 aliphatic heterocycles. The smallest absolute Gasteiger partial charge is 0.0441 e. The Balaban J connectivity index is 1.78. The Morgan fingerprint density at radius 3 is 2.35 bits per heavy atom. The topological polar surface area (TPSA) is 29.3 Å². The summed E-state index contributed by atoms with van der Waals surface area (Å²) in [5.74, 6) is 0. The first-order chi connectivity index (χ1) is 9.83. The average molecular weight is 276 g/mol. The van der Waals surface area contributed by atoms with E-state index < -0.39 is 0 Å². The molecule has 0 aromatic heterocycles. The van der Waals surface area contributed by atoms with Gasteiger partial charge < -0.3 is 5.73 Å². The molecular formula is C18H32N2. The van der Waals surface area contributed by atoms with Crippen molar-refractivity contribution in [1.29, 1.82) is 0 Å². The molecule has 2 fully saturated rings. The van der Waals surface area contributed by atoms with E-state index in [-0.39, 0.29) is 0 Å². The second kappa shape index (κ2) is 6.62. The quantitative estimate of drug-likeness (QED) is 0.789. The van der Waals surface area contributed by atoms with Gasteiger partial charge >= 0.3 is 0 Å². The van der Waals surface area contributed by atoms with Gasteiger partial charge in [-0.15, -0.1) is 0 Å². The Hall–Kier alpha value is -0.340. The van der Waals surface area contributed by atoms with E-state index in [0.717, 1.165) is 0 Å². The number of hydrogen-bond acceptors (Lipinski definition) is 2. The lowest BCUT2D eigenvalue weighted by atomic mass is 9.80. The third-order valence-corrected chi connectivity index (χ3v) is 6.01. The molecule has 2 nitrogen and oxygen atoms in total. The highest BCUT2D eigenvalue weighted by Gasteiger charge is 2.46. The van der Waals surface area contributed by atoms with Crippen LogP contribution in [0.5, 0.6) is 0 Å². The minimum Gasteiger partial charge on any atom is -0.323 e. The summed E-state index contributed by atoms with van der Waals surface area (Å²) in [7, 11) is 0. The molecule has 0 radical (unpaired) electrons. The molecule has 1 atom stereocenters. The van der Waals surface area contributed by atoms with Crippen LogP contribution < -0.4 is 5.73 Å². The molecule has 3 aliphatic rings. The summed E-state index contributed by atoms with van der Waals surface area (Å²) >= 11 is 0. The van der Waals surface area contributed by atoms with Crippen LogP contribution in [0.3, 0.4) is 0 Å². The van der Waals surface area contributed by atoms with Crippen LogP contribution in [0.4, 0.5) is 0 Å². The molecule has 1 saturated carbocycles. The van der Waals surface area contributed by atoms with Gasteiger partial charge in [0.2, 0.25) is 0 Å². The van der Waals surface area contributed by atoms with E-state index in [1.807, 2.05) is 0 Å². The maximum Gasteiger partial charge on any atom is 0.0441 e. The molecular weight excluding hydrogens is 244 g/mol. The van der Waals surface area contributed by atoms with E-state index in [0.29, 0.717) is 11.6 Å². The Morgan fingerprint density at radius 2 is 1.60 bits per heavy atom. The van der Waals surface area contributed by atoms with Gasteiger partial charge in [0.25, 0.3) is 0 Å². The summed E-state index contributed by atoms with van der Waals surface area (Å²) in [6.07, 6.45) is 18.8. The van der Waals surface area contributed by atoms with Gasteiger partial charge in [-0.1, -0.05) is 37.3 Å². The summed E-state index contributed by atoms with van der Waals surface area (Å²) < 4.78 is 0. The fraction of sp³-hybridized carbons (Fsp3) is 0.889. The maximum absolute atomic E-state index is 6.88. The van der Waals surface area contributed by atoms with Crippen LogP contribution in [-0.4, -0.2) is 29.6 Å². The highest BCUT2D eigenvalue weighted by Crippen LogP contribution is 2.42. The molecule has 0 bridgehead atoms. The maximum atomic E-state index is 6.88. The van der Waals surface area contributed by atoms with Crippen LogP contribution >= 0.6 is 0 Å². The molecule has 1 saturated heterocycles. The number of nitrogens with two attached hydrogens (primary N) is 1. The monoisotopic (exact) mass is 276 g/mol. The van der Waals surface area contributed by atoms with Gasteiger partial charge in [0.1, 0.15) is 0 Å². The highest BCUT2D eigenvalue weighted by molar-refractivity contribution is 5.21. The van der Waals surface area contributed by atoms with Crippen LogP contribution in [0.15, 0.2) is 11.6 Å². The fourth-order valence-electron chi connectivity index (χ4n) is 4.82. The normalized spacial score (nSPS) is 29.8. The van der Waals surface area contributed by atoms with E-state index in [2.05, 4.69) is 11.0 Å². The highest BCUT2D eigenvalue weighted by atomic mass is 15.2. The van der Waals surface area contributed by atoms with E-state index in [1.165, 1.54) is 90.1 Å². The third-order valence-electron chi connectivity index (χ3n) is 6.01. The Bertz CT molecular complexity index is 335. The molecule has 0 aromatic carbocycles. The summed E-state index contributed by atoms with van der Waals surface area (Å²) in [4.78, 5) is 2.77. The Morgan fingerprint density at radius 1 is 0.900 bits per heavy atom. The lowest BCUT2D eigenvalue weighted by molar-refractivity contribution is 0.103. The van der Waals surface area contributed by atoms with Crippen molar-refractivity contribution < 1.29 is 0 Å². The molecule has 1 unspecified atom stereocenters. The first kappa shape index (κ1) is 14.6. The van der Waals surface area contributed by atoms with Gasteiger partial charge in [0.05, 0.1) is 0 Å². The van der Waals surface area contributed by atoms with Crippen LogP contribution in [0.1, 0.15) is 77.0 Å². The molecule has 2 N–H and O–H groups in total. The van der Waals surface area contributed by atoms with E-state index in [1.54, 1.807) is 5.57 Å². The van der Waals surface area contributed by atoms with Gasteiger partial charge in [-0.3, -0.25) is 4.90 Å². The lowest BCUT2D eigenvalue weighted by Gasteiger charge is -2.44. The second-order valence-electron chi connectivity index (χ2n) is 7.21. The Labute approximate surface area is 124 Å². The van der Waals surface area contributed by atoms with E-state index in [9.17, 15) is 0 Å². The van der Waals surface area contributed by atoms with Crippen molar-refractivity contribution >= 4 is 0 Å². The number of allylic oxidation sites excluding steroid dienone is 1. The summed E-state index contributed by atoms with van der Waals surface area (Å²) in [5.41, 5.74) is 8.80. The minimum atomic E-state index is 0.307. The molecule has 114 valence electrons. The zero-order valence-electron chi connectivity index (χ0n) is 13.1. The molecule has 2 heteroatoms. The number of hydrogen-bond donors (Lipinski definition) is 1. The van der Waals surface area contributed by atoms with Crippen LogP contribution in [0.25, 0.3) is 0 Å². The summed E-state index contributed by atoms with van der Waals surface area (Å²) in [6, 6.07) is 0.307. The van der Waals surface area contributed by atoms with Crippen molar-refractivity contribution in [3.8, 4) is 0 Å². The minimum absolute atomic E-state index is 0.307. The van der Waals surface area contributed by atoms with E-state index in [4.69, 9.17) is 5.73 Å². The molecule has 3 rings (SSSR count). The summed E-state index contributed by atoms with van der Waals surface area (Å²) in [6.45, 7) is 2.59. The van der Waals surface area contributed by atoms with Gasteiger partial charge in [-0.25, -0.2) is 0 Å². The van der Waals surface area contributed by atoms with Crippen LogP contribution in [0, 0.1) is 0 Å². The lowest BCUT2D eigenvalue weighted by Crippen LogP contribution is -2.58. The number of nitrogens with zero attached hydrogens (tertiary/aromatic N) is 1. The predicted octanol–water partition coefficient (Wildman–Crippen LogP) is 4.00. The van der Waals surface area contributed by atoms with Crippen molar-refractivity contribution in [3.05, 3.63) is 11.6 Å². The molecule has 20 heavy (non-hydrogen) atoms. The zero-order chi connectivity index (χ0) is 13.8. The largest absolute Gasteiger partial charge is 0.323 e. The predicted molar refractivity (Wildman–Crippen MR) is 85.8 cm³/mol. The molecule has 1 heterocycles. The molecule has 0 aromatic rings. The van der Waals surface area contributed by atoms with E-state index >= 15 is 0 Å². The van der Waals surface area contributed by atoms with Gasteiger partial charge in [0.15, 0.2) is 0 Å². The first-order valence-electron chi connectivity index (χ1n) is 9.02. The van der Waals surface area contributed by atoms with Crippen LogP contribution in [-0.2, 0) is 0 Å². The van der Waals surface area contributed by atoms with Crippen molar-refractivity contribution in [2.45, 2.75) is 88.6 Å². The molecule has 2 aliphatic carbocycles. The number of likely N-dealkylation sites (tertiary alicyclic amines) is 1. The molecule has 0 amide bonds. The van der Waals surface area contributed by atoms with Crippen molar-refractivity contribution in [2.24, 2.45) is 5.73 Å². The molecule has 0 spiro atoms. The van der Waals surface area contributed by atoms with Crippen molar-refractivity contribution in [3.63, 3.8) is 0 Å². The van der Waals surface area contributed by atoms with Crippen molar-refractivity contribution in [2.75, 3.05) is 13.1 Å². The Kier molecular flexibility index (Phi) is 4.83. The standard InChI is InChI=1S/C18H32N2/c19-17(16-10-4-2-1-3-5-11-16)18(12-6-7-13-18)20-14-8-9-15-20/h10,17H,1-9,11-15,19H2. The first-order valence-corrected chi connectivity index (χ1v) is 9.02. The average Bonchev–Trinajstić information content (AvgIpc) is 3.10. The third kappa shape index (κ3) is 2.82. The summed E-state index contributed by atoms with van der Waals surface area (Å²) in [5, 5.41) is 0. The second-order valence-corrected chi connectivity index (χ2v) is 7.21. The number of rotatable bonds is 3. The SMILES string of the molecule is NC(C1=CCCCCCC1)C1(N2CCCC2)CCCC1. The van der Waals surface area contributed by atoms with Gasteiger partial charge in [0, 0.05) is 11.6 Å². The van der Waals surface area contributed by atoms with Crippen molar-refractivity contribution in [1.82, 2.24) is 4.90 Å². The zero-order valence-corrected chi connectivity index (χ0v) is 13.1. The van der Waals surface area contributed by atoms with Crippen LogP contribution in [0.2, 0.25) is 0 Å². The fourth-order valence-corrected chi connectivity index (χ4v) is 4.82. The van der Waals surface area contributed by atoms with Gasteiger partial charge in [-0.2, -0.15) is 0 Å². The van der Waals surface area contributed by atoms with Gasteiger partial charge in [-0.05, 0) is 64.5 Å².